The van der Waals surface area contributed by atoms with Crippen LogP contribution in [0.25, 0.3) is 0 Å². The largest absolute Gasteiger partial charge is 0.474 e. The van der Waals surface area contributed by atoms with Gasteiger partial charge in [0.1, 0.15) is 16.9 Å². The van der Waals surface area contributed by atoms with Crippen LogP contribution in [0.4, 0.5) is 10.7 Å². The second-order valence-electron chi connectivity index (χ2n) is 7.71. The number of aromatic nitrogens is 2. The number of likely N-dealkylation sites (tertiary alicyclic amines) is 1. The Hall–Kier alpha value is -1.80. The molecule has 2 fully saturated rings. The molecule has 2 saturated heterocycles. The summed E-state index contributed by atoms with van der Waals surface area (Å²) in [6.07, 6.45) is 1.13. The maximum absolute atomic E-state index is 12.2. The van der Waals surface area contributed by atoms with Gasteiger partial charge in [-0.05, 0) is 20.8 Å². The molecular formula is C20H33ClN4O4. The fourth-order valence-corrected chi connectivity index (χ4v) is 3.17. The highest BCUT2D eigenvalue weighted by molar-refractivity contribution is 6.29. The Kier molecular flexibility index (Phi) is 8.77. The molecule has 1 aromatic heterocycles. The van der Waals surface area contributed by atoms with E-state index >= 15 is 0 Å². The Morgan fingerprint density at radius 3 is 2.34 bits per heavy atom. The maximum atomic E-state index is 12.2. The summed E-state index contributed by atoms with van der Waals surface area (Å²) < 4.78 is 16.8. The second kappa shape index (κ2) is 10.8. The van der Waals surface area contributed by atoms with Crippen LogP contribution in [-0.2, 0) is 9.47 Å². The van der Waals surface area contributed by atoms with E-state index in [1.807, 2.05) is 39.5 Å². The van der Waals surface area contributed by atoms with Crippen molar-refractivity contribution >= 4 is 23.6 Å². The van der Waals surface area contributed by atoms with Gasteiger partial charge in [0.05, 0.1) is 13.2 Å². The molecule has 0 spiro atoms. The topological polar surface area (TPSA) is 77.0 Å². The normalized spacial score (nSPS) is 18.0. The summed E-state index contributed by atoms with van der Waals surface area (Å²) in [6.45, 7) is 13.5. The van der Waals surface area contributed by atoms with Crippen LogP contribution in [0.5, 0.6) is 5.88 Å². The second-order valence-corrected chi connectivity index (χ2v) is 8.10. The van der Waals surface area contributed by atoms with Crippen molar-refractivity contribution in [3.05, 3.63) is 11.2 Å². The SMILES string of the molecule is CC.CC(C)(C)OC(=O)N1CCC(Oc2cc(Cl)nc(N3CCOCC3)n2)CC1. The van der Waals surface area contributed by atoms with Gasteiger partial charge < -0.3 is 24.0 Å². The minimum atomic E-state index is -0.488. The molecule has 3 heterocycles. The van der Waals surface area contributed by atoms with Gasteiger partial charge in [0.15, 0.2) is 0 Å². The first-order valence-corrected chi connectivity index (χ1v) is 10.7. The van der Waals surface area contributed by atoms with Crippen LogP contribution in [0.1, 0.15) is 47.5 Å². The van der Waals surface area contributed by atoms with Crippen molar-refractivity contribution in [2.75, 3.05) is 44.3 Å². The summed E-state index contributed by atoms with van der Waals surface area (Å²) in [5.74, 6) is 1.03. The van der Waals surface area contributed by atoms with E-state index in [2.05, 4.69) is 9.97 Å². The van der Waals surface area contributed by atoms with E-state index in [0.717, 1.165) is 13.1 Å². The van der Waals surface area contributed by atoms with Crippen molar-refractivity contribution in [2.45, 2.75) is 59.2 Å². The molecule has 29 heavy (non-hydrogen) atoms. The highest BCUT2D eigenvalue weighted by Crippen LogP contribution is 2.24. The molecule has 0 aliphatic carbocycles. The summed E-state index contributed by atoms with van der Waals surface area (Å²) in [5.41, 5.74) is -0.488. The van der Waals surface area contributed by atoms with E-state index in [4.69, 9.17) is 25.8 Å². The molecule has 2 aliphatic heterocycles. The number of halogens is 1. The molecule has 0 atom stereocenters. The summed E-state index contributed by atoms with van der Waals surface area (Å²) in [7, 11) is 0. The van der Waals surface area contributed by atoms with Crippen LogP contribution >= 0.6 is 11.6 Å². The molecule has 1 amide bonds. The minimum absolute atomic E-state index is 0.0211. The van der Waals surface area contributed by atoms with Gasteiger partial charge in [-0.25, -0.2) is 9.78 Å². The van der Waals surface area contributed by atoms with Crippen LogP contribution in [0.3, 0.4) is 0 Å². The molecule has 0 aromatic carbocycles. The molecule has 1 aromatic rings. The van der Waals surface area contributed by atoms with Crippen molar-refractivity contribution < 1.29 is 19.0 Å². The molecule has 8 nitrogen and oxygen atoms in total. The van der Waals surface area contributed by atoms with Gasteiger partial charge in [0.25, 0.3) is 0 Å². The molecule has 164 valence electrons. The zero-order valence-corrected chi connectivity index (χ0v) is 18.9. The molecule has 0 N–H and O–H groups in total. The fourth-order valence-electron chi connectivity index (χ4n) is 3.00. The van der Waals surface area contributed by atoms with E-state index in [9.17, 15) is 4.79 Å². The Bertz CT molecular complexity index is 654. The number of anilines is 1. The monoisotopic (exact) mass is 428 g/mol. The number of carbonyl (C=O) groups excluding carboxylic acids is 1. The zero-order chi connectivity index (χ0) is 21.4. The van der Waals surface area contributed by atoms with Gasteiger partial charge in [-0.1, -0.05) is 25.4 Å². The summed E-state index contributed by atoms with van der Waals surface area (Å²) in [6, 6.07) is 1.63. The van der Waals surface area contributed by atoms with E-state index in [1.54, 1.807) is 11.0 Å². The summed E-state index contributed by atoms with van der Waals surface area (Å²) in [5, 5.41) is 0.354. The quantitative estimate of drug-likeness (QED) is 0.678. The average molecular weight is 429 g/mol. The number of rotatable bonds is 3. The van der Waals surface area contributed by atoms with E-state index < -0.39 is 5.60 Å². The number of nitrogens with zero attached hydrogens (tertiary/aromatic N) is 4. The highest BCUT2D eigenvalue weighted by Gasteiger charge is 2.28. The molecule has 9 heteroatoms. The van der Waals surface area contributed by atoms with Crippen molar-refractivity contribution in [3.63, 3.8) is 0 Å². The van der Waals surface area contributed by atoms with E-state index in [-0.39, 0.29) is 12.2 Å². The lowest BCUT2D eigenvalue weighted by Crippen LogP contribution is -2.44. The molecule has 2 aliphatic rings. The first-order chi connectivity index (χ1) is 13.8. The Balaban J connectivity index is 0.00000145. The number of morpholine rings is 1. The Labute approximate surface area is 178 Å². The zero-order valence-electron chi connectivity index (χ0n) is 18.1. The number of ether oxygens (including phenoxy) is 3. The Morgan fingerprint density at radius 1 is 1.14 bits per heavy atom. The smallest absolute Gasteiger partial charge is 0.410 e. The fraction of sp³-hybridized carbons (Fsp3) is 0.750. The maximum Gasteiger partial charge on any atom is 0.410 e. The first-order valence-electron chi connectivity index (χ1n) is 10.3. The lowest BCUT2D eigenvalue weighted by atomic mass is 10.1. The summed E-state index contributed by atoms with van der Waals surface area (Å²) >= 11 is 6.15. The number of hydrogen-bond donors (Lipinski definition) is 0. The van der Waals surface area contributed by atoms with E-state index in [0.29, 0.717) is 56.1 Å². The van der Waals surface area contributed by atoms with Gasteiger partial charge in [0.2, 0.25) is 11.8 Å². The predicted octanol–water partition coefficient (Wildman–Crippen LogP) is 3.77. The highest BCUT2D eigenvalue weighted by atomic mass is 35.5. The molecule has 0 unspecified atom stereocenters. The third-order valence-corrected chi connectivity index (χ3v) is 4.53. The van der Waals surface area contributed by atoms with Crippen LogP contribution in [-0.4, -0.2) is 72.1 Å². The Morgan fingerprint density at radius 2 is 1.76 bits per heavy atom. The van der Waals surface area contributed by atoms with Crippen LogP contribution in [0, 0.1) is 0 Å². The van der Waals surface area contributed by atoms with Crippen molar-refractivity contribution in [2.24, 2.45) is 0 Å². The molecule has 3 rings (SSSR count). The number of amides is 1. The van der Waals surface area contributed by atoms with Crippen LogP contribution in [0.2, 0.25) is 5.15 Å². The van der Waals surface area contributed by atoms with Crippen LogP contribution < -0.4 is 9.64 Å². The van der Waals surface area contributed by atoms with Gasteiger partial charge in [-0.2, -0.15) is 4.98 Å². The molecule has 0 radical (unpaired) electrons. The van der Waals surface area contributed by atoms with E-state index in [1.165, 1.54) is 0 Å². The minimum Gasteiger partial charge on any atom is -0.474 e. The predicted molar refractivity (Wildman–Crippen MR) is 113 cm³/mol. The molecule has 0 bridgehead atoms. The first kappa shape index (κ1) is 23.5. The third-order valence-electron chi connectivity index (χ3n) is 4.33. The van der Waals surface area contributed by atoms with Gasteiger partial charge >= 0.3 is 6.09 Å². The lowest BCUT2D eigenvalue weighted by molar-refractivity contribution is 0.0123. The van der Waals surface area contributed by atoms with Gasteiger partial charge in [-0.3, -0.25) is 0 Å². The standard InChI is InChI=1S/C18H27ClN4O4.C2H6/c1-18(2,3)27-17(24)23-6-4-13(5-7-23)26-15-12-14(19)20-16(21-15)22-8-10-25-11-9-22;1-2/h12-13H,4-11H2,1-3H3;1-2H3. The number of piperidine rings is 1. The van der Waals surface area contributed by atoms with Crippen molar-refractivity contribution in [1.29, 1.82) is 0 Å². The average Bonchev–Trinajstić information content (AvgIpc) is 2.69. The van der Waals surface area contributed by atoms with Gasteiger partial charge in [0, 0.05) is 45.1 Å². The van der Waals surface area contributed by atoms with Gasteiger partial charge in [-0.15, -0.1) is 0 Å². The lowest BCUT2D eigenvalue weighted by Gasteiger charge is -2.33. The van der Waals surface area contributed by atoms with Crippen LogP contribution in [0.15, 0.2) is 6.07 Å². The van der Waals surface area contributed by atoms with Crippen molar-refractivity contribution in [3.8, 4) is 5.88 Å². The number of hydrogen-bond acceptors (Lipinski definition) is 7. The van der Waals surface area contributed by atoms with Crippen molar-refractivity contribution in [1.82, 2.24) is 14.9 Å². The third kappa shape index (κ3) is 7.51. The number of carbonyl (C=O) groups is 1. The summed E-state index contributed by atoms with van der Waals surface area (Å²) in [4.78, 5) is 24.7. The molecular weight excluding hydrogens is 396 g/mol. The molecule has 0 saturated carbocycles.